The van der Waals surface area contributed by atoms with E-state index < -0.39 is 0 Å². The third-order valence-corrected chi connectivity index (χ3v) is 8.51. The minimum Gasteiger partial charge on any atom is -1.00 e. The van der Waals surface area contributed by atoms with Gasteiger partial charge in [-0.25, -0.2) is 4.98 Å². The topological polar surface area (TPSA) is 37.6 Å². The van der Waals surface area contributed by atoms with Gasteiger partial charge in [0.1, 0.15) is 0 Å². The van der Waals surface area contributed by atoms with Crippen LogP contribution < -0.4 is 24.8 Å². The summed E-state index contributed by atoms with van der Waals surface area (Å²) in [6.07, 6.45) is 0. The normalized spacial score (nSPS) is 12.3. The van der Waals surface area contributed by atoms with Crippen LogP contribution in [-0.2, 0) is 17.1 Å². The molecule has 0 amide bonds. The van der Waals surface area contributed by atoms with E-state index in [-0.39, 0.29) is 41.9 Å². The molecular formula is C39H54Cl3FeN3. The molecule has 254 valence electrons. The zero-order valence-corrected chi connectivity index (χ0v) is 33.6. The van der Waals surface area contributed by atoms with Crippen molar-refractivity contribution < 1.29 is 41.9 Å². The van der Waals surface area contributed by atoms with Crippen molar-refractivity contribution >= 4 is 34.4 Å². The average molecular weight is 727 g/mol. The smallest absolute Gasteiger partial charge is 1.00 e. The molecule has 7 heteroatoms. The molecule has 0 saturated carbocycles. The zero-order chi connectivity index (χ0) is 32.3. The van der Waals surface area contributed by atoms with Gasteiger partial charge in [0.15, 0.2) is 0 Å². The minimum absolute atomic E-state index is 0. The summed E-state index contributed by atoms with van der Waals surface area (Å²) in [6.45, 7) is 31.1. The Morgan fingerprint density at radius 1 is 0.500 bits per heavy atom. The Labute approximate surface area is 308 Å². The molecule has 0 aliphatic rings. The summed E-state index contributed by atoms with van der Waals surface area (Å²) in [5.74, 6) is 2.34. The van der Waals surface area contributed by atoms with Crippen molar-refractivity contribution in [2.75, 3.05) is 0 Å². The summed E-state index contributed by atoms with van der Waals surface area (Å²) in [5.41, 5.74) is 13.2. The molecule has 0 bridgehead atoms. The molecule has 1 heterocycles. The van der Waals surface area contributed by atoms with Gasteiger partial charge in [0.25, 0.3) is 0 Å². The molecule has 1 aromatic heterocycles. The standard InChI is InChI=1S/C39H54ClN3.2ClH.Fe/c1-21(2)29-15-32(23(5)6)38(33(16-29)24(7)8)41-27(13)36-19-31(40)20-37(43-36)28(14)42-39-34(25(9)10)17-30(22(3)4)18-35(39)26(11)12;;;/h15-26H,1-14H3;2*1H;/q;;;+2/p-2. The van der Waals surface area contributed by atoms with Crippen molar-refractivity contribution in [2.45, 2.75) is 132 Å². The molecule has 3 rings (SSSR count). The van der Waals surface area contributed by atoms with Crippen molar-refractivity contribution in [3.63, 3.8) is 0 Å². The number of benzene rings is 2. The second kappa shape index (κ2) is 18.8. The first-order chi connectivity index (χ1) is 20.0. The Balaban J connectivity index is 0.00000675. The fourth-order valence-corrected chi connectivity index (χ4v) is 5.62. The van der Waals surface area contributed by atoms with E-state index in [9.17, 15) is 0 Å². The maximum absolute atomic E-state index is 6.73. The van der Waals surface area contributed by atoms with Crippen LogP contribution in [0.2, 0.25) is 5.02 Å². The number of pyridine rings is 1. The van der Waals surface area contributed by atoms with Gasteiger partial charge < -0.3 is 24.8 Å². The summed E-state index contributed by atoms with van der Waals surface area (Å²) in [7, 11) is 0. The van der Waals surface area contributed by atoms with Crippen LogP contribution in [0.5, 0.6) is 0 Å². The third-order valence-electron chi connectivity index (χ3n) is 8.29. The fourth-order valence-electron chi connectivity index (χ4n) is 5.41. The van der Waals surface area contributed by atoms with E-state index in [0.29, 0.717) is 40.5 Å². The number of hydrogen-bond acceptors (Lipinski definition) is 3. The molecule has 46 heavy (non-hydrogen) atoms. The molecule has 0 saturated heterocycles. The summed E-state index contributed by atoms with van der Waals surface area (Å²) < 4.78 is 0. The molecule has 2 aromatic carbocycles. The van der Waals surface area contributed by atoms with E-state index in [1.807, 2.05) is 26.0 Å². The molecule has 0 unspecified atom stereocenters. The second-order valence-corrected chi connectivity index (χ2v) is 14.4. The molecule has 0 radical (unpaired) electrons. The van der Waals surface area contributed by atoms with Crippen LogP contribution in [0.3, 0.4) is 0 Å². The predicted molar refractivity (Wildman–Crippen MR) is 190 cm³/mol. The summed E-state index contributed by atoms with van der Waals surface area (Å²) in [5, 5.41) is 0.635. The van der Waals surface area contributed by atoms with Gasteiger partial charge in [-0.15, -0.1) is 0 Å². The molecule has 0 aliphatic carbocycles. The number of halogens is 3. The van der Waals surface area contributed by atoms with E-state index >= 15 is 0 Å². The van der Waals surface area contributed by atoms with Crippen LogP contribution in [0, 0.1) is 0 Å². The van der Waals surface area contributed by atoms with E-state index in [2.05, 4.69) is 107 Å². The zero-order valence-electron chi connectivity index (χ0n) is 30.3. The molecule has 0 spiro atoms. The van der Waals surface area contributed by atoms with Gasteiger partial charge in [-0.2, -0.15) is 0 Å². The van der Waals surface area contributed by atoms with E-state index in [4.69, 9.17) is 26.6 Å². The quantitative estimate of drug-likeness (QED) is 0.168. The van der Waals surface area contributed by atoms with Gasteiger partial charge in [-0.3, -0.25) is 9.98 Å². The molecule has 0 N–H and O–H groups in total. The van der Waals surface area contributed by atoms with Crippen molar-refractivity contribution in [2.24, 2.45) is 9.98 Å². The minimum atomic E-state index is 0. The van der Waals surface area contributed by atoms with Crippen molar-refractivity contribution in [1.29, 1.82) is 0 Å². The van der Waals surface area contributed by atoms with Gasteiger partial charge in [-0.1, -0.05) is 119 Å². The summed E-state index contributed by atoms with van der Waals surface area (Å²) in [4.78, 5) is 15.6. The predicted octanol–water partition coefficient (Wildman–Crippen LogP) is 6.76. The second-order valence-electron chi connectivity index (χ2n) is 14.0. The maximum Gasteiger partial charge on any atom is 2.00 e. The molecule has 0 fully saturated rings. The van der Waals surface area contributed by atoms with Gasteiger partial charge in [-0.05, 0) is 94.9 Å². The summed E-state index contributed by atoms with van der Waals surface area (Å²) in [6, 6.07) is 13.2. The van der Waals surface area contributed by atoms with Crippen LogP contribution in [0.25, 0.3) is 0 Å². The molecule has 3 nitrogen and oxygen atoms in total. The maximum atomic E-state index is 6.73. The van der Waals surface area contributed by atoms with Crippen LogP contribution in [0.15, 0.2) is 46.4 Å². The monoisotopic (exact) mass is 725 g/mol. The number of aromatic nitrogens is 1. The summed E-state index contributed by atoms with van der Waals surface area (Å²) >= 11 is 6.73. The van der Waals surface area contributed by atoms with Crippen LogP contribution >= 0.6 is 11.6 Å². The molecular weight excluding hydrogens is 673 g/mol. The van der Waals surface area contributed by atoms with Gasteiger partial charge in [0.2, 0.25) is 0 Å². The Bertz CT molecular complexity index is 1350. The van der Waals surface area contributed by atoms with Crippen molar-refractivity contribution in [1.82, 2.24) is 4.98 Å². The molecule has 0 atom stereocenters. The Morgan fingerprint density at radius 3 is 0.978 bits per heavy atom. The van der Waals surface area contributed by atoms with Crippen molar-refractivity contribution in [3.8, 4) is 0 Å². The Hall–Kier alpha value is -1.68. The first-order valence-electron chi connectivity index (χ1n) is 16.2. The SMILES string of the molecule is CC(=Nc1c(C(C)C)cc(C(C)C)cc1C(C)C)c1cc(Cl)cc(C(C)=Nc2c(C(C)C)cc(C(C)C)cc2C(C)C)n1.[Cl-].[Cl-].[Fe+2]. The third kappa shape index (κ3) is 10.7. The molecule has 3 aromatic rings. The molecule has 0 aliphatic heterocycles. The Morgan fingerprint density at radius 2 is 0.761 bits per heavy atom. The first-order valence-corrected chi connectivity index (χ1v) is 16.5. The number of rotatable bonds is 10. The van der Waals surface area contributed by atoms with E-state index in [0.717, 1.165) is 34.2 Å². The average Bonchev–Trinajstić information content (AvgIpc) is 2.91. The van der Waals surface area contributed by atoms with E-state index in [1.165, 1.54) is 33.4 Å². The fraction of sp³-hybridized carbons (Fsp3) is 0.513. The van der Waals surface area contributed by atoms with Crippen LogP contribution in [0.1, 0.15) is 177 Å². The van der Waals surface area contributed by atoms with Crippen molar-refractivity contribution in [3.05, 3.63) is 86.2 Å². The van der Waals surface area contributed by atoms with Gasteiger partial charge in [0, 0.05) is 5.02 Å². The largest absolute Gasteiger partial charge is 2.00 e. The number of nitrogens with zero attached hydrogens (tertiary/aromatic N) is 3. The number of aliphatic imine (C=N–C) groups is 2. The van der Waals surface area contributed by atoms with Gasteiger partial charge in [0.05, 0.1) is 34.2 Å². The number of hydrogen-bond donors (Lipinski definition) is 0. The first kappa shape index (κ1) is 44.3. The Kier molecular flexibility index (Phi) is 18.1. The van der Waals surface area contributed by atoms with Gasteiger partial charge >= 0.3 is 17.1 Å². The van der Waals surface area contributed by atoms with Crippen LogP contribution in [-0.4, -0.2) is 16.4 Å². The van der Waals surface area contributed by atoms with Crippen LogP contribution in [0.4, 0.5) is 11.4 Å². The van der Waals surface area contributed by atoms with E-state index in [1.54, 1.807) is 0 Å².